The van der Waals surface area contributed by atoms with Crippen LogP contribution < -0.4 is 10.1 Å². The molecular formula is C23H26ClN3O. The van der Waals surface area contributed by atoms with E-state index in [0.717, 1.165) is 37.5 Å². The molecule has 146 valence electrons. The molecule has 0 radical (unpaired) electrons. The number of nitrogens with one attached hydrogen (secondary N) is 1. The van der Waals surface area contributed by atoms with Crippen molar-refractivity contribution in [3.8, 4) is 16.9 Å². The van der Waals surface area contributed by atoms with Gasteiger partial charge in [0.25, 0.3) is 0 Å². The van der Waals surface area contributed by atoms with Gasteiger partial charge < -0.3 is 10.1 Å². The summed E-state index contributed by atoms with van der Waals surface area (Å²) >= 11 is 0. The number of piperazine rings is 1. The van der Waals surface area contributed by atoms with Crippen molar-refractivity contribution in [3.63, 3.8) is 0 Å². The molecule has 1 unspecified atom stereocenters. The molecule has 1 aliphatic rings. The summed E-state index contributed by atoms with van der Waals surface area (Å²) < 4.78 is 5.61. The number of halogens is 1. The number of pyridine rings is 1. The fourth-order valence-electron chi connectivity index (χ4n) is 3.80. The molecule has 2 heterocycles. The molecule has 4 rings (SSSR count). The fourth-order valence-corrected chi connectivity index (χ4v) is 3.80. The van der Waals surface area contributed by atoms with Gasteiger partial charge in [0.05, 0.1) is 13.2 Å². The maximum Gasteiger partial charge on any atom is 0.123 e. The summed E-state index contributed by atoms with van der Waals surface area (Å²) in [5, 5.41) is 3.53. The summed E-state index contributed by atoms with van der Waals surface area (Å²) in [7, 11) is 1.75. The molecule has 1 aromatic heterocycles. The van der Waals surface area contributed by atoms with E-state index >= 15 is 0 Å². The Morgan fingerprint density at radius 2 is 1.93 bits per heavy atom. The first-order valence-electron chi connectivity index (χ1n) is 9.42. The Kier molecular flexibility index (Phi) is 7.04. The summed E-state index contributed by atoms with van der Waals surface area (Å²) in [5.41, 5.74) is 4.93. The van der Waals surface area contributed by atoms with Gasteiger partial charge in [0.1, 0.15) is 5.75 Å². The topological polar surface area (TPSA) is 37.4 Å². The Hall–Kier alpha value is -2.40. The van der Waals surface area contributed by atoms with Gasteiger partial charge in [-0.3, -0.25) is 9.88 Å². The van der Waals surface area contributed by atoms with Crippen molar-refractivity contribution in [1.29, 1.82) is 0 Å². The Morgan fingerprint density at radius 1 is 1.07 bits per heavy atom. The molecule has 1 saturated heterocycles. The lowest BCUT2D eigenvalue weighted by atomic mass is 10.00. The highest BCUT2D eigenvalue weighted by molar-refractivity contribution is 5.85. The van der Waals surface area contributed by atoms with Gasteiger partial charge in [-0.15, -0.1) is 12.4 Å². The Morgan fingerprint density at radius 3 is 2.75 bits per heavy atom. The number of benzene rings is 2. The molecule has 3 aromatic rings. The van der Waals surface area contributed by atoms with Gasteiger partial charge in [-0.2, -0.15) is 0 Å². The number of ether oxygens (including phenoxy) is 1. The summed E-state index contributed by atoms with van der Waals surface area (Å²) in [6, 6.07) is 21.5. The van der Waals surface area contributed by atoms with Gasteiger partial charge in [-0.05, 0) is 34.9 Å². The zero-order valence-corrected chi connectivity index (χ0v) is 16.9. The average molecular weight is 396 g/mol. The van der Waals surface area contributed by atoms with Crippen molar-refractivity contribution in [1.82, 2.24) is 15.2 Å². The van der Waals surface area contributed by atoms with Crippen LogP contribution >= 0.6 is 12.4 Å². The average Bonchev–Trinajstić information content (AvgIpc) is 2.75. The Labute approximate surface area is 173 Å². The number of aromatic nitrogens is 1. The van der Waals surface area contributed by atoms with Gasteiger partial charge in [0.2, 0.25) is 0 Å². The molecular weight excluding hydrogens is 370 g/mol. The molecule has 4 nitrogen and oxygen atoms in total. The molecule has 1 N–H and O–H groups in total. The second-order valence-electron chi connectivity index (χ2n) is 6.87. The number of methoxy groups -OCH3 is 1. The van der Waals surface area contributed by atoms with Crippen LogP contribution in [0.15, 0.2) is 73.1 Å². The van der Waals surface area contributed by atoms with E-state index in [1.807, 2.05) is 30.6 Å². The van der Waals surface area contributed by atoms with Gasteiger partial charge in [-0.1, -0.05) is 42.5 Å². The molecule has 5 heteroatoms. The summed E-state index contributed by atoms with van der Waals surface area (Å²) in [6.07, 6.45) is 3.73. The van der Waals surface area contributed by atoms with Crippen LogP contribution in [0, 0.1) is 0 Å². The zero-order valence-electron chi connectivity index (χ0n) is 16.0. The van der Waals surface area contributed by atoms with Crippen molar-refractivity contribution in [3.05, 3.63) is 84.2 Å². The molecule has 1 atom stereocenters. The lowest BCUT2D eigenvalue weighted by Crippen LogP contribution is -2.45. The van der Waals surface area contributed by atoms with Crippen molar-refractivity contribution in [2.75, 3.05) is 26.7 Å². The van der Waals surface area contributed by atoms with E-state index in [1.54, 1.807) is 7.11 Å². The third kappa shape index (κ3) is 4.53. The van der Waals surface area contributed by atoms with Crippen molar-refractivity contribution >= 4 is 12.4 Å². The minimum Gasteiger partial charge on any atom is -0.496 e. The standard InChI is InChI=1S/C23H25N3O.ClH/c1-27-23-10-3-2-9-21(23)22-16-25-12-13-26(22)17-18-6-4-7-19(14-18)20-8-5-11-24-15-20;/h2-11,14-15,22,25H,12-13,16-17H2,1H3;1H. The van der Waals surface area contributed by atoms with E-state index in [9.17, 15) is 0 Å². The molecule has 1 aliphatic heterocycles. The maximum atomic E-state index is 5.61. The van der Waals surface area contributed by atoms with E-state index < -0.39 is 0 Å². The molecule has 0 bridgehead atoms. The molecule has 0 saturated carbocycles. The van der Waals surface area contributed by atoms with Crippen molar-refractivity contribution in [2.24, 2.45) is 0 Å². The molecule has 28 heavy (non-hydrogen) atoms. The first kappa shape index (κ1) is 20.3. The fraction of sp³-hybridized carbons (Fsp3) is 0.261. The quantitative estimate of drug-likeness (QED) is 0.697. The third-order valence-electron chi connectivity index (χ3n) is 5.16. The highest BCUT2D eigenvalue weighted by atomic mass is 35.5. The number of nitrogens with zero attached hydrogens (tertiary/aromatic N) is 2. The number of hydrogen-bond acceptors (Lipinski definition) is 4. The maximum absolute atomic E-state index is 5.61. The van der Waals surface area contributed by atoms with Crippen LogP contribution in [0.5, 0.6) is 5.75 Å². The molecule has 2 aromatic carbocycles. The minimum absolute atomic E-state index is 0. The molecule has 0 aliphatic carbocycles. The second-order valence-corrected chi connectivity index (χ2v) is 6.87. The first-order chi connectivity index (χ1) is 13.3. The minimum atomic E-state index is 0. The van der Waals surface area contributed by atoms with Crippen molar-refractivity contribution in [2.45, 2.75) is 12.6 Å². The van der Waals surface area contributed by atoms with Crippen LogP contribution in [-0.4, -0.2) is 36.6 Å². The summed E-state index contributed by atoms with van der Waals surface area (Å²) in [5.74, 6) is 0.959. The SMILES string of the molecule is COc1ccccc1C1CNCCN1Cc1cccc(-c2cccnc2)c1.Cl. The van der Waals surface area contributed by atoms with E-state index in [2.05, 4.69) is 57.7 Å². The highest BCUT2D eigenvalue weighted by Crippen LogP contribution is 2.31. The van der Waals surface area contributed by atoms with Crippen LogP contribution in [0.3, 0.4) is 0 Å². The molecule has 0 amide bonds. The van der Waals surface area contributed by atoms with E-state index in [4.69, 9.17) is 4.74 Å². The van der Waals surface area contributed by atoms with Gasteiger partial charge >= 0.3 is 0 Å². The predicted octanol–water partition coefficient (Wildman–Crippen LogP) is 4.33. The Bertz CT molecular complexity index is 888. The number of para-hydroxylation sites is 1. The normalized spacial score (nSPS) is 17.0. The van der Waals surface area contributed by atoms with E-state index in [0.29, 0.717) is 6.04 Å². The van der Waals surface area contributed by atoms with Crippen LogP contribution in [0.4, 0.5) is 0 Å². The van der Waals surface area contributed by atoms with E-state index in [1.165, 1.54) is 16.7 Å². The highest BCUT2D eigenvalue weighted by Gasteiger charge is 2.26. The monoisotopic (exact) mass is 395 g/mol. The van der Waals surface area contributed by atoms with Crippen molar-refractivity contribution < 1.29 is 4.74 Å². The van der Waals surface area contributed by atoms with Crippen LogP contribution in [0.1, 0.15) is 17.2 Å². The number of hydrogen-bond donors (Lipinski definition) is 1. The first-order valence-corrected chi connectivity index (χ1v) is 9.42. The zero-order chi connectivity index (χ0) is 18.5. The summed E-state index contributed by atoms with van der Waals surface area (Å²) in [4.78, 5) is 6.78. The van der Waals surface area contributed by atoms with E-state index in [-0.39, 0.29) is 12.4 Å². The number of rotatable bonds is 5. The second kappa shape index (κ2) is 9.69. The van der Waals surface area contributed by atoms with Gasteiger partial charge in [-0.25, -0.2) is 0 Å². The summed E-state index contributed by atoms with van der Waals surface area (Å²) in [6.45, 7) is 3.87. The third-order valence-corrected chi connectivity index (χ3v) is 5.16. The lowest BCUT2D eigenvalue weighted by molar-refractivity contribution is 0.151. The van der Waals surface area contributed by atoms with Crippen LogP contribution in [-0.2, 0) is 6.54 Å². The smallest absolute Gasteiger partial charge is 0.123 e. The molecule has 0 spiro atoms. The Balaban J connectivity index is 0.00000225. The van der Waals surface area contributed by atoms with Crippen LogP contribution in [0.25, 0.3) is 11.1 Å². The molecule has 1 fully saturated rings. The largest absolute Gasteiger partial charge is 0.496 e. The predicted molar refractivity (Wildman–Crippen MR) is 116 cm³/mol. The van der Waals surface area contributed by atoms with Crippen LogP contribution in [0.2, 0.25) is 0 Å². The lowest BCUT2D eigenvalue weighted by Gasteiger charge is -2.37. The van der Waals surface area contributed by atoms with Gasteiger partial charge in [0, 0.05) is 44.1 Å². The van der Waals surface area contributed by atoms with Gasteiger partial charge in [0.15, 0.2) is 0 Å².